The summed E-state index contributed by atoms with van der Waals surface area (Å²) in [5.74, 6) is -0.855. The first-order valence-corrected chi connectivity index (χ1v) is 9.58. The van der Waals surface area contributed by atoms with E-state index in [1.54, 1.807) is 30.3 Å². The zero-order chi connectivity index (χ0) is 20.5. The number of benzene rings is 2. The molecule has 0 atom stereocenters. The summed E-state index contributed by atoms with van der Waals surface area (Å²) in [6.45, 7) is 6.31. The van der Waals surface area contributed by atoms with Gasteiger partial charge in [0.2, 0.25) is 5.91 Å². The Morgan fingerprint density at radius 2 is 1.71 bits per heavy atom. The molecule has 0 fully saturated rings. The fourth-order valence-electron chi connectivity index (χ4n) is 2.66. The fraction of sp³-hybridized carbons (Fsp3) is 0.348. The minimum Gasteiger partial charge on any atom is -0.462 e. The highest BCUT2D eigenvalue weighted by Crippen LogP contribution is 2.18. The predicted molar refractivity (Wildman–Crippen MR) is 110 cm³/mol. The molecule has 0 saturated heterocycles. The van der Waals surface area contributed by atoms with Crippen LogP contribution in [0.3, 0.4) is 0 Å². The van der Waals surface area contributed by atoms with Crippen LogP contribution >= 0.6 is 0 Å². The molecule has 0 aliphatic heterocycles. The van der Waals surface area contributed by atoms with E-state index in [0.717, 1.165) is 24.0 Å². The number of unbranched alkanes of at least 4 members (excludes halogenated alkanes) is 1. The zero-order valence-corrected chi connectivity index (χ0v) is 16.7. The normalized spacial score (nSPS) is 10.4. The molecule has 2 rings (SSSR count). The van der Waals surface area contributed by atoms with Crippen molar-refractivity contribution in [1.29, 1.82) is 0 Å². The van der Waals surface area contributed by atoms with E-state index < -0.39 is 5.97 Å². The maximum Gasteiger partial charge on any atom is 0.340 e. The van der Waals surface area contributed by atoms with Gasteiger partial charge in [0.05, 0.1) is 17.9 Å². The van der Waals surface area contributed by atoms with Gasteiger partial charge in [-0.15, -0.1) is 0 Å². The molecule has 0 aliphatic rings. The number of ether oxygens (including phenoxy) is 1. The van der Waals surface area contributed by atoms with Crippen molar-refractivity contribution >= 4 is 23.3 Å². The molecule has 28 heavy (non-hydrogen) atoms. The van der Waals surface area contributed by atoms with Crippen LogP contribution in [0.1, 0.15) is 64.4 Å². The van der Waals surface area contributed by atoms with Crippen molar-refractivity contribution in [3.63, 3.8) is 0 Å². The van der Waals surface area contributed by atoms with Crippen molar-refractivity contribution in [3.05, 3.63) is 64.7 Å². The quantitative estimate of drug-likeness (QED) is 0.382. The number of anilines is 1. The van der Waals surface area contributed by atoms with E-state index in [4.69, 9.17) is 4.74 Å². The summed E-state index contributed by atoms with van der Waals surface area (Å²) in [6.07, 6.45) is 1.88. The molecule has 1 N–H and O–H groups in total. The van der Waals surface area contributed by atoms with E-state index in [-0.39, 0.29) is 24.5 Å². The smallest absolute Gasteiger partial charge is 0.340 e. The third kappa shape index (κ3) is 6.05. The molecule has 2 aromatic carbocycles. The van der Waals surface area contributed by atoms with Crippen molar-refractivity contribution in [2.45, 2.75) is 46.5 Å². The molecule has 0 aromatic heterocycles. The number of carbonyl (C=O) groups is 3. The SMILES string of the molecule is CCCCOC(=O)c1ccccc1NC(=O)CCC(=O)c1ccc(C)c(C)c1. The molecular weight excluding hydrogens is 354 g/mol. The number of Topliss-reactive ketones (excluding diaryl/α,β-unsaturated/α-hetero) is 1. The number of carbonyl (C=O) groups excluding carboxylic acids is 3. The van der Waals surface area contributed by atoms with Gasteiger partial charge >= 0.3 is 5.97 Å². The molecule has 0 heterocycles. The first-order valence-electron chi connectivity index (χ1n) is 9.58. The van der Waals surface area contributed by atoms with E-state index >= 15 is 0 Å². The third-order valence-electron chi connectivity index (χ3n) is 4.56. The molecule has 0 bridgehead atoms. The minimum atomic E-state index is -0.462. The molecule has 1 amide bonds. The van der Waals surface area contributed by atoms with Crippen LogP contribution in [0, 0.1) is 13.8 Å². The topological polar surface area (TPSA) is 72.5 Å². The second kappa shape index (κ2) is 10.4. The molecule has 148 valence electrons. The van der Waals surface area contributed by atoms with Crippen LogP contribution in [-0.4, -0.2) is 24.3 Å². The molecule has 0 aliphatic carbocycles. The van der Waals surface area contributed by atoms with Crippen LogP contribution in [-0.2, 0) is 9.53 Å². The van der Waals surface area contributed by atoms with Crippen LogP contribution in [0.5, 0.6) is 0 Å². The van der Waals surface area contributed by atoms with Gasteiger partial charge in [0, 0.05) is 18.4 Å². The van der Waals surface area contributed by atoms with Gasteiger partial charge in [0.1, 0.15) is 0 Å². The number of hydrogen-bond donors (Lipinski definition) is 1. The molecule has 2 aromatic rings. The highest BCUT2D eigenvalue weighted by atomic mass is 16.5. The van der Waals surface area contributed by atoms with Gasteiger partial charge < -0.3 is 10.1 Å². The average molecular weight is 381 g/mol. The lowest BCUT2D eigenvalue weighted by molar-refractivity contribution is -0.116. The van der Waals surface area contributed by atoms with E-state index in [0.29, 0.717) is 23.4 Å². The Labute approximate surface area is 166 Å². The van der Waals surface area contributed by atoms with Crippen LogP contribution in [0.25, 0.3) is 0 Å². The molecule has 5 heteroatoms. The summed E-state index contributed by atoms with van der Waals surface area (Å²) < 4.78 is 5.22. The minimum absolute atomic E-state index is 0.0466. The molecule has 0 radical (unpaired) electrons. The third-order valence-corrected chi connectivity index (χ3v) is 4.56. The summed E-state index contributed by atoms with van der Waals surface area (Å²) >= 11 is 0. The number of aryl methyl sites for hydroxylation is 2. The highest BCUT2D eigenvalue weighted by Gasteiger charge is 2.15. The Kier molecular flexibility index (Phi) is 7.93. The van der Waals surface area contributed by atoms with Gasteiger partial charge in [0.15, 0.2) is 5.78 Å². The zero-order valence-electron chi connectivity index (χ0n) is 16.7. The van der Waals surface area contributed by atoms with Crippen LogP contribution < -0.4 is 5.32 Å². The summed E-state index contributed by atoms with van der Waals surface area (Å²) in [7, 11) is 0. The molecular formula is C23H27NO4. The first-order chi connectivity index (χ1) is 13.4. The summed E-state index contributed by atoms with van der Waals surface area (Å²) in [4.78, 5) is 36.8. The number of esters is 1. The van der Waals surface area contributed by atoms with E-state index in [2.05, 4.69) is 5.32 Å². The number of ketones is 1. The van der Waals surface area contributed by atoms with Crippen molar-refractivity contribution in [2.75, 3.05) is 11.9 Å². The second-order valence-corrected chi connectivity index (χ2v) is 6.81. The first kappa shape index (κ1) is 21.4. The predicted octanol–water partition coefficient (Wildman–Crippen LogP) is 4.86. The van der Waals surface area contributed by atoms with Crippen molar-refractivity contribution < 1.29 is 19.1 Å². The van der Waals surface area contributed by atoms with Gasteiger partial charge in [0.25, 0.3) is 0 Å². The Balaban J connectivity index is 1.95. The monoisotopic (exact) mass is 381 g/mol. The van der Waals surface area contributed by atoms with Gasteiger partial charge in [-0.2, -0.15) is 0 Å². The van der Waals surface area contributed by atoms with Gasteiger partial charge in [-0.3, -0.25) is 9.59 Å². The molecule has 0 saturated carbocycles. The lowest BCUT2D eigenvalue weighted by Gasteiger charge is -2.11. The Morgan fingerprint density at radius 3 is 2.43 bits per heavy atom. The van der Waals surface area contributed by atoms with Crippen LogP contribution in [0.15, 0.2) is 42.5 Å². The van der Waals surface area contributed by atoms with Gasteiger partial charge in [-0.05, 0) is 49.6 Å². The molecule has 5 nitrogen and oxygen atoms in total. The van der Waals surface area contributed by atoms with E-state index in [1.165, 1.54) is 0 Å². The second-order valence-electron chi connectivity index (χ2n) is 6.81. The van der Waals surface area contributed by atoms with Crippen molar-refractivity contribution in [3.8, 4) is 0 Å². The lowest BCUT2D eigenvalue weighted by atomic mass is 10.0. The number of amides is 1. The van der Waals surface area contributed by atoms with E-state index in [1.807, 2.05) is 32.9 Å². The van der Waals surface area contributed by atoms with Crippen LogP contribution in [0.4, 0.5) is 5.69 Å². The average Bonchev–Trinajstić information content (AvgIpc) is 2.68. The fourth-order valence-corrected chi connectivity index (χ4v) is 2.66. The van der Waals surface area contributed by atoms with Crippen molar-refractivity contribution in [2.24, 2.45) is 0 Å². The largest absolute Gasteiger partial charge is 0.462 e. The number of para-hydroxylation sites is 1. The summed E-state index contributed by atoms with van der Waals surface area (Å²) in [5.41, 5.74) is 3.48. The molecule has 0 unspecified atom stereocenters. The molecule has 0 spiro atoms. The Bertz CT molecular complexity index is 857. The summed E-state index contributed by atoms with van der Waals surface area (Å²) in [6, 6.07) is 12.3. The number of nitrogens with one attached hydrogen (secondary N) is 1. The van der Waals surface area contributed by atoms with Crippen LogP contribution in [0.2, 0.25) is 0 Å². The maximum absolute atomic E-state index is 12.3. The van der Waals surface area contributed by atoms with Gasteiger partial charge in [-0.25, -0.2) is 4.79 Å². The maximum atomic E-state index is 12.3. The van der Waals surface area contributed by atoms with Gasteiger partial charge in [-0.1, -0.05) is 37.6 Å². The van der Waals surface area contributed by atoms with Crippen molar-refractivity contribution in [1.82, 2.24) is 0 Å². The lowest BCUT2D eigenvalue weighted by Crippen LogP contribution is -2.17. The standard InChI is InChI=1S/C23H27NO4/c1-4-5-14-28-23(27)19-8-6-7-9-20(19)24-22(26)13-12-21(25)18-11-10-16(2)17(3)15-18/h6-11,15H,4-5,12-14H2,1-3H3,(H,24,26). The highest BCUT2D eigenvalue weighted by molar-refractivity contribution is 6.03. The Hall–Kier alpha value is -2.95. The number of rotatable bonds is 9. The van der Waals surface area contributed by atoms with E-state index in [9.17, 15) is 14.4 Å². The number of hydrogen-bond acceptors (Lipinski definition) is 4. The Morgan fingerprint density at radius 1 is 0.964 bits per heavy atom. The summed E-state index contributed by atoms with van der Waals surface area (Å²) in [5, 5.41) is 2.72.